The lowest BCUT2D eigenvalue weighted by Gasteiger charge is -2.22. The summed E-state index contributed by atoms with van der Waals surface area (Å²) in [5, 5.41) is 17.9. The average molecular weight is 232 g/mol. The van der Waals surface area contributed by atoms with Crippen molar-refractivity contribution < 1.29 is 5.11 Å². The molecule has 2 heterocycles. The fourth-order valence-corrected chi connectivity index (χ4v) is 2.42. The monoisotopic (exact) mass is 232 g/mol. The zero-order valence-corrected chi connectivity index (χ0v) is 9.77. The van der Waals surface area contributed by atoms with Gasteiger partial charge < -0.3 is 15.7 Å². The summed E-state index contributed by atoms with van der Waals surface area (Å²) in [4.78, 5) is 2.12. The molecule has 1 fully saturated rings. The number of hydrogen-bond donors (Lipinski definition) is 3. The second-order valence-electron chi connectivity index (χ2n) is 5.04. The van der Waals surface area contributed by atoms with Crippen LogP contribution in [0, 0.1) is 0 Å². The largest absolute Gasteiger partial charge is 0.397 e. The number of aliphatic hydroxyl groups is 1. The van der Waals surface area contributed by atoms with Gasteiger partial charge in [-0.1, -0.05) is 0 Å². The van der Waals surface area contributed by atoms with Gasteiger partial charge in [0.25, 0.3) is 0 Å². The number of aromatic amines is 1. The van der Waals surface area contributed by atoms with E-state index < -0.39 is 5.60 Å². The van der Waals surface area contributed by atoms with Gasteiger partial charge in [-0.2, -0.15) is 5.10 Å². The highest BCUT2D eigenvalue weighted by atomic mass is 16.3. The number of aromatic nitrogens is 2. The molecule has 1 unspecified atom stereocenters. The molecule has 5 heteroatoms. The van der Waals surface area contributed by atoms with Crippen LogP contribution >= 0.6 is 0 Å². The number of hydrogen-bond acceptors (Lipinski definition) is 4. The number of nitrogen functional groups attached to an aromatic ring is 1. The normalized spacial score (nSPS) is 24.7. The van der Waals surface area contributed by atoms with Crippen LogP contribution in [0.4, 0.5) is 11.4 Å². The molecule has 0 saturated carbocycles. The smallest absolute Gasteiger partial charge is 0.0810 e. The molecule has 17 heavy (non-hydrogen) atoms. The van der Waals surface area contributed by atoms with E-state index in [1.807, 2.05) is 19.1 Å². The van der Waals surface area contributed by atoms with E-state index in [0.717, 1.165) is 35.2 Å². The number of nitrogens with one attached hydrogen (secondary N) is 1. The van der Waals surface area contributed by atoms with Crippen molar-refractivity contribution in [3.05, 3.63) is 18.3 Å². The molecule has 0 amide bonds. The predicted molar refractivity (Wildman–Crippen MR) is 68.0 cm³/mol. The minimum Gasteiger partial charge on any atom is -0.397 e. The van der Waals surface area contributed by atoms with E-state index in [1.54, 1.807) is 6.20 Å². The summed E-state index contributed by atoms with van der Waals surface area (Å²) >= 11 is 0. The van der Waals surface area contributed by atoms with Crippen molar-refractivity contribution in [3.8, 4) is 0 Å². The zero-order chi connectivity index (χ0) is 12.0. The Morgan fingerprint density at radius 1 is 1.53 bits per heavy atom. The van der Waals surface area contributed by atoms with Crippen molar-refractivity contribution in [1.29, 1.82) is 0 Å². The Bertz CT molecular complexity index is 561. The van der Waals surface area contributed by atoms with Crippen LogP contribution in [0.25, 0.3) is 10.9 Å². The van der Waals surface area contributed by atoms with Gasteiger partial charge in [-0.05, 0) is 25.5 Å². The Morgan fingerprint density at radius 3 is 3.06 bits per heavy atom. The summed E-state index contributed by atoms with van der Waals surface area (Å²) in [6, 6.07) is 3.92. The fourth-order valence-electron chi connectivity index (χ4n) is 2.42. The third-order valence-electron chi connectivity index (χ3n) is 3.38. The van der Waals surface area contributed by atoms with Gasteiger partial charge in [0.05, 0.1) is 28.7 Å². The van der Waals surface area contributed by atoms with E-state index in [0.29, 0.717) is 6.54 Å². The Labute approximate surface area is 99.2 Å². The van der Waals surface area contributed by atoms with Crippen LogP contribution in [-0.2, 0) is 0 Å². The lowest BCUT2D eigenvalue weighted by Crippen LogP contribution is -2.29. The van der Waals surface area contributed by atoms with Gasteiger partial charge in [0.2, 0.25) is 0 Å². The molecule has 0 spiro atoms. The lowest BCUT2D eigenvalue weighted by molar-refractivity contribution is 0.0839. The molecule has 0 radical (unpaired) electrons. The second kappa shape index (κ2) is 3.37. The molecule has 1 saturated heterocycles. The van der Waals surface area contributed by atoms with Gasteiger partial charge in [-0.3, -0.25) is 5.10 Å². The molecule has 90 valence electrons. The number of anilines is 2. The van der Waals surface area contributed by atoms with Crippen LogP contribution in [-0.4, -0.2) is 34.0 Å². The van der Waals surface area contributed by atoms with E-state index in [4.69, 9.17) is 5.73 Å². The first-order chi connectivity index (χ1) is 8.05. The SMILES string of the molecule is CC1(O)CCN(c2cc3[nH]ncc3cc2N)C1. The van der Waals surface area contributed by atoms with Gasteiger partial charge in [0.1, 0.15) is 0 Å². The van der Waals surface area contributed by atoms with E-state index in [1.165, 1.54) is 0 Å². The maximum Gasteiger partial charge on any atom is 0.0810 e. The molecule has 1 aromatic carbocycles. The van der Waals surface area contributed by atoms with Crippen molar-refractivity contribution in [2.75, 3.05) is 23.7 Å². The predicted octanol–water partition coefficient (Wildman–Crippen LogP) is 1.11. The Morgan fingerprint density at radius 2 is 2.35 bits per heavy atom. The third kappa shape index (κ3) is 1.72. The molecular weight excluding hydrogens is 216 g/mol. The summed E-state index contributed by atoms with van der Waals surface area (Å²) in [5.41, 5.74) is 8.11. The van der Waals surface area contributed by atoms with Crippen molar-refractivity contribution >= 4 is 22.3 Å². The minimum atomic E-state index is -0.616. The van der Waals surface area contributed by atoms with Crippen molar-refractivity contribution in [2.45, 2.75) is 18.9 Å². The van der Waals surface area contributed by atoms with Crippen LogP contribution in [0.15, 0.2) is 18.3 Å². The molecular formula is C12H16N4O. The van der Waals surface area contributed by atoms with E-state index in [9.17, 15) is 5.11 Å². The van der Waals surface area contributed by atoms with Crippen LogP contribution in [0.1, 0.15) is 13.3 Å². The molecule has 4 N–H and O–H groups in total. The van der Waals surface area contributed by atoms with E-state index in [2.05, 4.69) is 15.1 Å². The maximum absolute atomic E-state index is 9.99. The molecule has 1 atom stereocenters. The number of β-amino-alcohol motifs (C(OH)–C–C–N with tert-alkyl or cyclic N) is 1. The standard InChI is InChI=1S/C12H16N4O/c1-12(17)2-3-16(7-12)11-5-10-8(4-9(11)13)6-14-15-10/h4-6,17H,2-3,7,13H2,1H3,(H,14,15). The zero-order valence-electron chi connectivity index (χ0n) is 9.77. The van der Waals surface area contributed by atoms with Crippen molar-refractivity contribution in [1.82, 2.24) is 10.2 Å². The quantitative estimate of drug-likeness (QED) is 0.643. The van der Waals surface area contributed by atoms with Gasteiger partial charge in [-0.25, -0.2) is 0 Å². The highest BCUT2D eigenvalue weighted by Gasteiger charge is 2.32. The summed E-state index contributed by atoms with van der Waals surface area (Å²) < 4.78 is 0. The third-order valence-corrected chi connectivity index (χ3v) is 3.38. The Kier molecular flexibility index (Phi) is 2.06. The molecule has 1 aliphatic rings. The van der Waals surface area contributed by atoms with Gasteiger partial charge >= 0.3 is 0 Å². The van der Waals surface area contributed by atoms with Crippen molar-refractivity contribution in [2.24, 2.45) is 0 Å². The Balaban J connectivity index is 2.02. The molecule has 0 bridgehead atoms. The number of benzene rings is 1. The first kappa shape index (κ1) is 10.4. The van der Waals surface area contributed by atoms with Crippen LogP contribution in [0.2, 0.25) is 0 Å². The molecule has 3 rings (SSSR count). The average Bonchev–Trinajstić information content (AvgIpc) is 2.82. The van der Waals surface area contributed by atoms with Crippen LogP contribution < -0.4 is 10.6 Å². The summed E-state index contributed by atoms with van der Waals surface area (Å²) in [7, 11) is 0. The minimum absolute atomic E-state index is 0.616. The van der Waals surface area contributed by atoms with Gasteiger partial charge in [0.15, 0.2) is 0 Å². The molecule has 2 aromatic rings. The first-order valence-corrected chi connectivity index (χ1v) is 5.75. The first-order valence-electron chi connectivity index (χ1n) is 5.75. The summed E-state index contributed by atoms with van der Waals surface area (Å²) in [6.45, 7) is 3.31. The molecule has 5 nitrogen and oxygen atoms in total. The molecule has 1 aliphatic heterocycles. The highest BCUT2D eigenvalue weighted by molar-refractivity contribution is 5.89. The summed E-state index contributed by atoms with van der Waals surface area (Å²) in [5.74, 6) is 0. The topological polar surface area (TPSA) is 78.2 Å². The van der Waals surface area contributed by atoms with Crippen LogP contribution in [0.5, 0.6) is 0 Å². The summed E-state index contributed by atoms with van der Waals surface area (Å²) in [6.07, 6.45) is 2.53. The van der Waals surface area contributed by atoms with Crippen molar-refractivity contribution in [3.63, 3.8) is 0 Å². The number of fused-ring (bicyclic) bond motifs is 1. The molecule has 0 aliphatic carbocycles. The van der Waals surface area contributed by atoms with Gasteiger partial charge in [0, 0.05) is 18.5 Å². The van der Waals surface area contributed by atoms with Crippen LogP contribution in [0.3, 0.4) is 0 Å². The van der Waals surface area contributed by atoms with E-state index in [-0.39, 0.29) is 0 Å². The highest BCUT2D eigenvalue weighted by Crippen LogP contribution is 2.33. The Hall–Kier alpha value is -1.75. The lowest BCUT2D eigenvalue weighted by atomic mass is 10.1. The molecule has 1 aromatic heterocycles. The second-order valence-corrected chi connectivity index (χ2v) is 5.04. The van der Waals surface area contributed by atoms with E-state index >= 15 is 0 Å². The van der Waals surface area contributed by atoms with Gasteiger partial charge in [-0.15, -0.1) is 0 Å². The number of H-pyrrole nitrogens is 1. The number of nitrogens with zero attached hydrogens (tertiary/aromatic N) is 2. The number of rotatable bonds is 1. The fraction of sp³-hybridized carbons (Fsp3) is 0.417. The maximum atomic E-state index is 9.99. The number of nitrogens with two attached hydrogens (primary N) is 1.